The summed E-state index contributed by atoms with van der Waals surface area (Å²) < 4.78 is 5.37. The first-order chi connectivity index (χ1) is 10.0. The van der Waals surface area contributed by atoms with Crippen molar-refractivity contribution < 1.29 is 14.6 Å². The molecule has 21 heavy (non-hydrogen) atoms. The van der Waals surface area contributed by atoms with E-state index in [-0.39, 0.29) is 25.5 Å². The number of aliphatic hydroxyl groups is 1. The van der Waals surface area contributed by atoms with Crippen LogP contribution >= 0.6 is 23.2 Å². The van der Waals surface area contributed by atoms with Gasteiger partial charge in [-0.2, -0.15) is 0 Å². The number of amides is 1. The first-order valence-corrected chi connectivity index (χ1v) is 7.76. The molecule has 0 radical (unpaired) electrons. The number of aliphatic hydroxyl groups excluding tert-OH is 1. The van der Waals surface area contributed by atoms with E-state index >= 15 is 0 Å². The first-order valence-electron chi connectivity index (χ1n) is 7.01. The zero-order chi connectivity index (χ0) is 15.2. The Bertz CT molecular complexity index is 492. The second-order valence-electron chi connectivity index (χ2n) is 5.36. The maximum absolute atomic E-state index is 11.8. The van der Waals surface area contributed by atoms with Crippen LogP contribution in [-0.4, -0.2) is 36.9 Å². The summed E-state index contributed by atoms with van der Waals surface area (Å²) in [6.45, 7) is 1.14. The maximum atomic E-state index is 11.8. The van der Waals surface area contributed by atoms with E-state index in [0.29, 0.717) is 22.6 Å². The third-order valence-corrected chi connectivity index (χ3v) is 3.98. The highest BCUT2D eigenvalue weighted by Gasteiger charge is 2.21. The molecule has 1 fully saturated rings. The summed E-state index contributed by atoms with van der Waals surface area (Å²) in [5, 5.41) is 13.3. The molecular formula is C15H19Cl2NO3. The molecule has 1 amide bonds. The van der Waals surface area contributed by atoms with E-state index in [2.05, 4.69) is 5.32 Å². The molecule has 4 nitrogen and oxygen atoms in total. The van der Waals surface area contributed by atoms with Gasteiger partial charge in [0.15, 0.2) is 0 Å². The number of hydrogen-bond donors (Lipinski definition) is 2. The van der Waals surface area contributed by atoms with Crippen LogP contribution in [0.2, 0.25) is 10.0 Å². The molecule has 1 aliphatic carbocycles. The van der Waals surface area contributed by atoms with Crippen LogP contribution in [0.15, 0.2) is 18.2 Å². The van der Waals surface area contributed by atoms with Gasteiger partial charge in [-0.3, -0.25) is 4.79 Å². The summed E-state index contributed by atoms with van der Waals surface area (Å²) in [4.78, 5) is 11.8. The molecule has 2 N–H and O–H groups in total. The molecule has 1 aromatic carbocycles. The fourth-order valence-electron chi connectivity index (χ4n) is 1.84. The van der Waals surface area contributed by atoms with Gasteiger partial charge in [0.2, 0.25) is 5.91 Å². The lowest BCUT2D eigenvalue weighted by molar-refractivity contribution is -0.121. The molecule has 0 aliphatic heterocycles. The monoisotopic (exact) mass is 331 g/mol. The predicted octanol–water partition coefficient (Wildman–Crippen LogP) is 2.44. The van der Waals surface area contributed by atoms with E-state index in [9.17, 15) is 9.90 Å². The largest absolute Gasteiger partial charge is 0.389 e. The molecule has 1 unspecified atom stereocenters. The number of benzene rings is 1. The zero-order valence-corrected chi connectivity index (χ0v) is 13.2. The van der Waals surface area contributed by atoms with Crippen LogP contribution in [-0.2, 0) is 16.0 Å². The predicted molar refractivity (Wildman–Crippen MR) is 82.7 cm³/mol. The molecule has 2 rings (SSSR count). The van der Waals surface area contributed by atoms with Crippen LogP contribution in [0.1, 0.15) is 18.4 Å². The Kier molecular flexibility index (Phi) is 6.30. The number of halogens is 2. The van der Waals surface area contributed by atoms with Crippen molar-refractivity contribution in [3.8, 4) is 0 Å². The number of carbonyl (C=O) groups excluding carboxylic acids is 1. The first kappa shape index (κ1) is 16.6. The highest BCUT2D eigenvalue weighted by molar-refractivity contribution is 6.42. The van der Waals surface area contributed by atoms with Gasteiger partial charge in [-0.25, -0.2) is 0 Å². The van der Waals surface area contributed by atoms with Crippen molar-refractivity contribution in [2.75, 3.05) is 19.8 Å². The third kappa shape index (κ3) is 6.22. The van der Waals surface area contributed by atoms with E-state index in [1.165, 1.54) is 12.8 Å². The molecule has 1 saturated carbocycles. The lowest BCUT2D eigenvalue weighted by Crippen LogP contribution is -2.35. The Morgan fingerprint density at radius 1 is 1.38 bits per heavy atom. The Hall–Kier alpha value is -0.810. The van der Waals surface area contributed by atoms with E-state index in [1.807, 2.05) is 0 Å². The topological polar surface area (TPSA) is 58.6 Å². The third-order valence-electron chi connectivity index (χ3n) is 3.24. The normalized spacial score (nSPS) is 15.8. The van der Waals surface area contributed by atoms with Crippen molar-refractivity contribution in [2.24, 2.45) is 5.92 Å². The SMILES string of the molecule is O=C(Cc1ccc(Cl)c(Cl)c1)NCC(O)COCC1CC1. The van der Waals surface area contributed by atoms with Crippen LogP contribution in [0.4, 0.5) is 0 Å². The average molecular weight is 332 g/mol. The molecule has 0 heterocycles. The Morgan fingerprint density at radius 2 is 2.14 bits per heavy atom. The van der Waals surface area contributed by atoms with Gasteiger partial charge in [0.1, 0.15) is 0 Å². The molecule has 1 aliphatic rings. The minimum Gasteiger partial charge on any atom is -0.389 e. The second-order valence-corrected chi connectivity index (χ2v) is 6.18. The van der Waals surface area contributed by atoms with Crippen LogP contribution in [0.3, 0.4) is 0 Å². The molecule has 116 valence electrons. The highest BCUT2D eigenvalue weighted by Crippen LogP contribution is 2.28. The molecule has 0 saturated heterocycles. The standard InChI is InChI=1S/C15H19Cl2NO3/c16-13-4-3-11(5-14(13)17)6-15(20)18-7-12(19)9-21-8-10-1-2-10/h3-5,10,12,19H,1-2,6-9H2,(H,18,20). The highest BCUT2D eigenvalue weighted by atomic mass is 35.5. The maximum Gasteiger partial charge on any atom is 0.224 e. The van der Waals surface area contributed by atoms with Crippen molar-refractivity contribution in [1.29, 1.82) is 0 Å². The van der Waals surface area contributed by atoms with Crippen molar-refractivity contribution in [3.05, 3.63) is 33.8 Å². The quantitative estimate of drug-likeness (QED) is 0.769. The molecular weight excluding hydrogens is 313 g/mol. The summed E-state index contributed by atoms with van der Waals surface area (Å²) in [6, 6.07) is 5.08. The van der Waals surface area contributed by atoms with Crippen LogP contribution in [0.5, 0.6) is 0 Å². The van der Waals surface area contributed by atoms with Crippen molar-refractivity contribution in [3.63, 3.8) is 0 Å². The lowest BCUT2D eigenvalue weighted by atomic mass is 10.1. The molecule has 1 atom stereocenters. The van der Waals surface area contributed by atoms with E-state index < -0.39 is 6.10 Å². The molecule has 1 aromatic rings. The number of hydrogen-bond acceptors (Lipinski definition) is 3. The summed E-state index contributed by atoms with van der Waals surface area (Å²) >= 11 is 11.7. The number of nitrogens with one attached hydrogen (secondary N) is 1. The molecule has 0 aromatic heterocycles. The van der Waals surface area contributed by atoms with Gasteiger partial charge in [-0.15, -0.1) is 0 Å². The van der Waals surface area contributed by atoms with Gasteiger partial charge >= 0.3 is 0 Å². The van der Waals surface area contributed by atoms with Crippen molar-refractivity contribution >= 4 is 29.1 Å². The van der Waals surface area contributed by atoms with Gasteiger partial charge in [0.05, 0.1) is 29.2 Å². The van der Waals surface area contributed by atoms with Crippen LogP contribution in [0.25, 0.3) is 0 Å². The smallest absolute Gasteiger partial charge is 0.224 e. The number of rotatable bonds is 8. The fourth-order valence-corrected chi connectivity index (χ4v) is 2.16. The Morgan fingerprint density at radius 3 is 2.81 bits per heavy atom. The summed E-state index contributed by atoms with van der Waals surface area (Å²) in [6.07, 6.45) is 1.96. The average Bonchev–Trinajstić information content (AvgIpc) is 3.25. The second kappa shape index (κ2) is 7.99. The number of carbonyl (C=O) groups is 1. The number of ether oxygens (including phenoxy) is 1. The van der Waals surface area contributed by atoms with Gasteiger partial charge in [-0.05, 0) is 36.5 Å². The fraction of sp³-hybridized carbons (Fsp3) is 0.533. The van der Waals surface area contributed by atoms with Crippen molar-refractivity contribution in [2.45, 2.75) is 25.4 Å². The van der Waals surface area contributed by atoms with Crippen molar-refractivity contribution in [1.82, 2.24) is 5.32 Å². The van der Waals surface area contributed by atoms with Crippen LogP contribution in [0, 0.1) is 5.92 Å². The van der Waals surface area contributed by atoms with Crippen LogP contribution < -0.4 is 5.32 Å². The lowest BCUT2D eigenvalue weighted by Gasteiger charge is -2.12. The minimum absolute atomic E-state index is 0.172. The minimum atomic E-state index is -0.679. The summed E-state index contributed by atoms with van der Waals surface area (Å²) in [5.74, 6) is 0.496. The van der Waals surface area contributed by atoms with Gasteiger partial charge in [0, 0.05) is 13.2 Å². The van der Waals surface area contributed by atoms with E-state index in [4.69, 9.17) is 27.9 Å². The van der Waals surface area contributed by atoms with E-state index in [1.54, 1.807) is 18.2 Å². The van der Waals surface area contributed by atoms with Gasteiger partial charge < -0.3 is 15.2 Å². The Labute approximate surface area is 134 Å². The summed E-state index contributed by atoms with van der Waals surface area (Å²) in [7, 11) is 0. The molecule has 0 bridgehead atoms. The molecule has 0 spiro atoms. The molecule has 6 heteroatoms. The zero-order valence-electron chi connectivity index (χ0n) is 11.6. The Balaban J connectivity index is 1.64. The van der Waals surface area contributed by atoms with Gasteiger partial charge in [0.25, 0.3) is 0 Å². The van der Waals surface area contributed by atoms with E-state index in [0.717, 1.165) is 5.56 Å². The summed E-state index contributed by atoms with van der Waals surface area (Å²) in [5.41, 5.74) is 0.779. The van der Waals surface area contributed by atoms with Gasteiger partial charge in [-0.1, -0.05) is 29.3 Å².